The molecule has 1 amide bonds. The van der Waals surface area contributed by atoms with E-state index in [-0.39, 0.29) is 22.7 Å². The number of hydrogen-bond acceptors (Lipinski definition) is 4. The Balaban J connectivity index is 2.00. The van der Waals surface area contributed by atoms with E-state index >= 15 is 0 Å². The van der Waals surface area contributed by atoms with Crippen LogP contribution in [-0.2, 0) is 0 Å². The van der Waals surface area contributed by atoms with E-state index in [2.05, 4.69) is 10.3 Å². The molecule has 0 unspecified atom stereocenters. The first-order valence-electron chi connectivity index (χ1n) is 4.81. The lowest BCUT2D eigenvalue weighted by molar-refractivity contribution is 0.0696. The van der Waals surface area contributed by atoms with Gasteiger partial charge in [0.2, 0.25) is 5.01 Å². The molecule has 1 aliphatic rings. The van der Waals surface area contributed by atoms with Crippen LogP contribution in [0, 0.1) is 0 Å². The van der Waals surface area contributed by atoms with Crippen LogP contribution in [0.4, 0.5) is 0 Å². The summed E-state index contributed by atoms with van der Waals surface area (Å²) in [5.74, 6) is -1.41. The van der Waals surface area contributed by atoms with Gasteiger partial charge >= 0.3 is 5.97 Å². The van der Waals surface area contributed by atoms with Crippen LogP contribution in [-0.4, -0.2) is 28.0 Å². The van der Waals surface area contributed by atoms with Crippen molar-refractivity contribution in [3.63, 3.8) is 0 Å². The summed E-state index contributed by atoms with van der Waals surface area (Å²) in [5.41, 5.74) is 0.175. The summed E-state index contributed by atoms with van der Waals surface area (Å²) in [4.78, 5) is 26.0. The third kappa shape index (κ3) is 2.27. The van der Waals surface area contributed by atoms with Crippen molar-refractivity contribution in [2.75, 3.05) is 0 Å². The van der Waals surface area contributed by atoms with Gasteiger partial charge in [-0.25, -0.2) is 9.78 Å². The zero-order valence-electron chi connectivity index (χ0n) is 8.34. The number of carbonyl (C=O) groups excluding carboxylic acids is 1. The van der Waals surface area contributed by atoms with Crippen LogP contribution in [0.15, 0.2) is 17.5 Å². The second-order valence-electron chi connectivity index (χ2n) is 3.46. The predicted molar refractivity (Wildman–Crippen MR) is 58.7 cm³/mol. The largest absolute Gasteiger partial charge is 0.476 e. The molecule has 84 valence electrons. The Morgan fingerprint density at radius 3 is 2.69 bits per heavy atom. The molecule has 0 aromatic carbocycles. The highest BCUT2D eigenvalue weighted by Gasteiger charge is 2.18. The number of amides is 1. The molecule has 1 heterocycles. The Morgan fingerprint density at radius 1 is 1.44 bits per heavy atom. The molecule has 2 rings (SSSR count). The number of carboxylic acid groups (broad SMARTS) is 1. The lowest BCUT2D eigenvalue weighted by Gasteiger charge is -2.09. The molecule has 0 fully saturated rings. The molecule has 0 saturated carbocycles. The Kier molecular flexibility index (Phi) is 3.00. The summed E-state index contributed by atoms with van der Waals surface area (Å²) in [7, 11) is 0. The van der Waals surface area contributed by atoms with Crippen molar-refractivity contribution >= 4 is 23.2 Å². The van der Waals surface area contributed by atoms with Gasteiger partial charge in [0.1, 0.15) is 5.69 Å². The van der Waals surface area contributed by atoms with E-state index in [0.717, 1.165) is 24.2 Å². The van der Waals surface area contributed by atoms with Gasteiger partial charge in [-0.15, -0.1) is 11.3 Å². The topological polar surface area (TPSA) is 79.3 Å². The number of thiazole rings is 1. The summed E-state index contributed by atoms with van der Waals surface area (Å²) >= 11 is 0.957. The fraction of sp³-hybridized carbons (Fsp3) is 0.300. The molecule has 16 heavy (non-hydrogen) atoms. The monoisotopic (exact) mass is 238 g/mol. The second kappa shape index (κ2) is 4.44. The van der Waals surface area contributed by atoms with Crippen molar-refractivity contribution in [1.82, 2.24) is 10.3 Å². The first-order valence-corrected chi connectivity index (χ1v) is 5.69. The van der Waals surface area contributed by atoms with Gasteiger partial charge in [-0.05, 0) is 12.8 Å². The maximum atomic E-state index is 11.6. The average Bonchev–Trinajstić information content (AvgIpc) is 2.86. The Bertz CT molecular complexity index is 445. The van der Waals surface area contributed by atoms with Crippen molar-refractivity contribution < 1.29 is 14.7 Å². The van der Waals surface area contributed by atoms with E-state index in [1.807, 2.05) is 12.2 Å². The normalized spacial score (nSPS) is 15.2. The molecule has 0 radical (unpaired) electrons. The van der Waals surface area contributed by atoms with Crippen LogP contribution < -0.4 is 5.32 Å². The number of aromatic carboxylic acids is 1. The van der Waals surface area contributed by atoms with Crippen LogP contribution in [0.5, 0.6) is 0 Å². The van der Waals surface area contributed by atoms with Gasteiger partial charge < -0.3 is 10.4 Å². The molecule has 6 heteroatoms. The quantitative estimate of drug-likeness (QED) is 0.778. The van der Waals surface area contributed by atoms with Crippen LogP contribution in [0.25, 0.3) is 0 Å². The predicted octanol–water partition coefficient (Wildman–Crippen LogP) is 1.29. The molecular formula is C10H10N2O3S. The maximum Gasteiger partial charge on any atom is 0.365 e. The highest BCUT2D eigenvalue weighted by Crippen LogP contribution is 2.12. The van der Waals surface area contributed by atoms with Gasteiger partial charge in [-0.2, -0.15) is 0 Å². The number of carboxylic acids is 1. The van der Waals surface area contributed by atoms with Crippen molar-refractivity contribution in [2.24, 2.45) is 0 Å². The van der Waals surface area contributed by atoms with Crippen molar-refractivity contribution in [1.29, 1.82) is 0 Å². The van der Waals surface area contributed by atoms with E-state index in [4.69, 9.17) is 5.11 Å². The van der Waals surface area contributed by atoms with E-state index in [9.17, 15) is 9.59 Å². The second-order valence-corrected chi connectivity index (χ2v) is 4.31. The fourth-order valence-corrected chi connectivity index (χ4v) is 2.11. The summed E-state index contributed by atoms with van der Waals surface area (Å²) in [6, 6.07) is 0.113. The lowest BCUT2D eigenvalue weighted by Crippen LogP contribution is -2.33. The van der Waals surface area contributed by atoms with Crippen LogP contribution >= 0.6 is 11.3 Å². The molecular weight excluding hydrogens is 228 g/mol. The van der Waals surface area contributed by atoms with E-state index in [1.54, 1.807) is 0 Å². The number of hydrogen-bond donors (Lipinski definition) is 2. The van der Waals surface area contributed by atoms with Gasteiger partial charge in [0.15, 0.2) is 0 Å². The van der Waals surface area contributed by atoms with Crippen molar-refractivity contribution in [3.05, 3.63) is 28.2 Å². The van der Waals surface area contributed by atoms with Gasteiger partial charge in [0, 0.05) is 11.4 Å². The average molecular weight is 238 g/mol. The SMILES string of the molecule is O=C(NC1CC=CC1)c1csc(C(=O)O)n1. The van der Waals surface area contributed by atoms with Crippen molar-refractivity contribution in [2.45, 2.75) is 18.9 Å². The van der Waals surface area contributed by atoms with Gasteiger partial charge in [0.25, 0.3) is 5.91 Å². The number of rotatable bonds is 3. The van der Waals surface area contributed by atoms with Gasteiger partial charge in [-0.3, -0.25) is 4.79 Å². The third-order valence-electron chi connectivity index (χ3n) is 2.26. The molecule has 0 spiro atoms. The fourth-order valence-electron chi connectivity index (χ4n) is 1.47. The van der Waals surface area contributed by atoms with Crippen LogP contribution in [0.1, 0.15) is 33.1 Å². The molecule has 5 nitrogen and oxygen atoms in total. The van der Waals surface area contributed by atoms with Gasteiger partial charge in [-0.1, -0.05) is 12.2 Å². The number of nitrogens with one attached hydrogen (secondary N) is 1. The van der Waals surface area contributed by atoms with Crippen molar-refractivity contribution in [3.8, 4) is 0 Å². The molecule has 1 aromatic heterocycles. The summed E-state index contributed by atoms with van der Waals surface area (Å²) in [6.45, 7) is 0. The zero-order chi connectivity index (χ0) is 11.5. The van der Waals surface area contributed by atoms with Gasteiger partial charge in [0.05, 0.1) is 0 Å². The minimum absolute atomic E-state index is 0.0605. The first-order chi connectivity index (χ1) is 7.66. The minimum atomic E-state index is -1.11. The maximum absolute atomic E-state index is 11.6. The van der Waals surface area contributed by atoms with E-state index < -0.39 is 5.97 Å². The molecule has 0 bridgehead atoms. The summed E-state index contributed by atoms with van der Waals surface area (Å²) in [5, 5.41) is 12.9. The summed E-state index contributed by atoms with van der Waals surface area (Å²) < 4.78 is 0. The smallest absolute Gasteiger partial charge is 0.365 e. The number of nitrogens with zero attached hydrogens (tertiary/aromatic N) is 1. The molecule has 1 aromatic rings. The van der Waals surface area contributed by atoms with Crippen LogP contribution in [0.3, 0.4) is 0 Å². The standard InChI is InChI=1S/C10H10N2O3S/c13-8(11-6-3-1-2-4-6)7-5-16-9(12-7)10(14)15/h1-2,5-6H,3-4H2,(H,11,13)(H,14,15). The first kappa shape index (κ1) is 10.8. The molecule has 0 saturated heterocycles. The molecule has 1 aliphatic carbocycles. The number of carbonyl (C=O) groups is 2. The molecule has 0 aliphatic heterocycles. The molecule has 2 N–H and O–H groups in total. The minimum Gasteiger partial charge on any atom is -0.476 e. The Morgan fingerprint density at radius 2 is 2.12 bits per heavy atom. The highest BCUT2D eigenvalue weighted by atomic mass is 32.1. The molecule has 0 atom stereocenters. The lowest BCUT2D eigenvalue weighted by atomic mass is 10.2. The van der Waals surface area contributed by atoms with E-state index in [1.165, 1.54) is 5.38 Å². The van der Waals surface area contributed by atoms with E-state index in [0.29, 0.717) is 0 Å². The third-order valence-corrected chi connectivity index (χ3v) is 3.09. The zero-order valence-corrected chi connectivity index (χ0v) is 9.16. The van der Waals surface area contributed by atoms with Crippen LogP contribution in [0.2, 0.25) is 0 Å². The number of aromatic nitrogens is 1. The summed E-state index contributed by atoms with van der Waals surface area (Å²) in [6.07, 6.45) is 5.66. The Hall–Kier alpha value is -1.69. The Labute approximate surface area is 95.8 Å². The highest BCUT2D eigenvalue weighted by molar-refractivity contribution is 7.11.